The molecule has 0 heterocycles. The number of carbonyl (C=O) groups is 2. The number of para-hydroxylation sites is 1. The van der Waals surface area contributed by atoms with Crippen molar-refractivity contribution in [2.75, 3.05) is 12.4 Å². The molecule has 1 unspecified atom stereocenters. The Labute approximate surface area is 148 Å². The maximum atomic E-state index is 12.1. The maximum Gasteiger partial charge on any atom is 0.342 e. The van der Waals surface area contributed by atoms with Crippen LogP contribution >= 0.6 is 0 Å². The van der Waals surface area contributed by atoms with Gasteiger partial charge >= 0.3 is 5.97 Å². The number of aromatic hydroxyl groups is 1. The molecule has 9 nitrogen and oxygen atoms in total. The number of phenolic OH excluding ortho intramolecular Hbond substituents is 1. The van der Waals surface area contributed by atoms with Gasteiger partial charge in [0.1, 0.15) is 5.56 Å². The van der Waals surface area contributed by atoms with Crippen molar-refractivity contribution in [3.05, 3.63) is 58.1 Å². The molecule has 2 aromatic carbocycles. The molecule has 0 saturated heterocycles. The van der Waals surface area contributed by atoms with E-state index in [1.165, 1.54) is 56.5 Å². The Kier molecular flexibility index (Phi) is 5.74. The first kappa shape index (κ1) is 18.7. The van der Waals surface area contributed by atoms with Gasteiger partial charge in [0.15, 0.2) is 17.6 Å². The Hall–Kier alpha value is -3.62. The second kappa shape index (κ2) is 7.97. The Morgan fingerprint density at radius 3 is 2.58 bits per heavy atom. The molecule has 136 valence electrons. The van der Waals surface area contributed by atoms with Gasteiger partial charge in [-0.1, -0.05) is 12.1 Å². The van der Waals surface area contributed by atoms with Gasteiger partial charge in [0.25, 0.3) is 11.6 Å². The summed E-state index contributed by atoms with van der Waals surface area (Å²) in [4.78, 5) is 34.4. The van der Waals surface area contributed by atoms with E-state index in [9.17, 15) is 24.8 Å². The zero-order valence-electron chi connectivity index (χ0n) is 14.0. The van der Waals surface area contributed by atoms with E-state index in [2.05, 4.69) is 5.32 Å². The van der Waals surface area contributed by atoms with Crippen LogP contribution in [0, 0.1) is 10.1 Å². The maximum absolute atomic E-state index is 12.1. The van der Waals surface area contributed by atoms with Crippen LogP contribution in [0.15, 0.2) is 42.5 Å². The standard InChI is InChI=1S/C17H16N2O7/c1-10(16(21)18-11-5-3-6-12(9-11)19(23)24)26-17(22)13-7-4-8-14(25-2)15(13)20/h3-10,20H,1-2H3,(H,18,21). The Bertz CT molecular complexity index is 851. The fraction of sp³-hybridized carbons (Fsp3) is 0.176. The van der Waals surface area contributed by atoms with E-state index in [4.69, 9.17) is 9.47 Å². The smallest absolute Gasteiger partial charge is 0.342 e. The van der Waals surface area contributed by atoms with Crippen LogP contribution < -0.4 is 10.1 Å². The van der Waals surface area contributed by atoms with Crippen molar-refractivity contribution in [2.24, 2.45) is 0 Å². The van der Waals surface area contributed by atoms with Crippen LogP contribution in [0.4, 0.5) is 11.4 Å². The number of nitro groups is 1. The van der Waals surface area contributed by atoms with Crippen LogP contribution in [-0.2, 0) is 9.53 Å². The summed E-state index contributed by atoms with van der Waals surface area (Å²) < 4.78 is 9.93. The van der Waals surface area contributed by atoms with Crippen molar-refractivity contribution < 1.29 is 29.1 Å². The number of esters is 1. The number of nitro benzene ring substituents is 1. The van der Waals surface area contributed by atoms with Gasteiger partial charge in [-0.05, 0) is 25.1 Å². The lowest BCUT2D eigenvalue weighted by Crippen LogP contribution is -2.30. The van der Waals surface area contributed by atoms with Gasteiger partial charge in [-0.3, -0.25) is 14.9 Å². The van der Waals surface area contributed by atoms with Crippen molar-refractivity contribution in [1.29, 1.82) is 0 Å². The monoisotopic (exact) mass is 360 g/mol. The van der Waals surface area contributed by atoms with Gasteiger partial charge in [-0.15, -0.1) is 0 Å². The number of methoxy groups -OCH3 is 1. The minimum absolute atomic E-state index is 0.0909. The molecule has 2 aromatic rings. The lowest BCUT2D eigenvalue weighted by molar-refractivity contribution is -0.384. The predicted molar refractivity (Wildman–Crippen MR) is 91.3 cm³/mol. The second-order valence-electron chi connectivity index (χ2n) is 5.20. The van der Waals surface area contributed by atoms with Crippen molar-refractivity contribution in [3.8, 4) is 11.5 Å². The molecule has 0 saturated carbocycles. The molecular weight excluding hydrogens is 344 g/mol. The van der Waals surface area contributed by atoms with Crippen LogP contribution in [0.2, 0.25) is 0 Å². The van der Waals surface area contributed by atoms with E-state index in [1.807, 2.05) is 0 Å². The normalized spacial score (nSPS) is 11.3. The number of non-ortho nitro benzene ring substituents is 1. The molecule has 1 atom stereocenters. The topological polar surface area (TPSA) is 128 Å². The van der Waals surface area contributed by atoms with Crippen LogP contribution in [0.1, 0.15) is 17.3 Å². The van der Waals surface area contributed by atoms with Crippen molar-refractivity contribution in [1.82, 2.24) is 0 Å². The molecule has 0 aliphatic carbocycles. The number of benzene rings is 2. The number of nitrogens with zero attached hydrogens (tertiary/aromatic N) is 1. The minimum atomic E-state index is -1.20. The molecule has 2 N–H and O–H groups in total. The van der Waals surface area contributed by atoms with Crippen molar-refractivity contribution >= 4 is 23.3 Å². The number of anilines is 1. The number of amides is 1. The van der Waals surface area contributed by atoms with E-state index < -0.39 is 28.7 Å². The fourth-order valence-electron chi connectivity index (χ4n) is 2.07. The molecular formula is C17H16N2O7. The third kappa shape index (κ3) is 4.26. The first-order chi connectivity index (χ1) is 12.3. The number of hydrogen-bond acceptors (Lipinski definition) is 7. The summed E-state index contributed by atoms with van der Waals surface area (Å²) in [6.45, 7) is 1.34. The SMILES string of the molecule is COc1cccc(C(=O)OC(C)C(=O)Nc2cccc([N+](=O)[O-])c2)c1O. The van der Waals surface area contributed by atoms with Crippen LogP contribution in [0.3, 0.4) is 0 Å². The molecule has 26 heavy (non-hydrogen) atoms. The Morgan fingerprint density at radius 1 is 1.23 bits per heavy atom. The lowest BCUT2D eigenvalue weighted by atomic mass is 10.2. The average molecular weight is 360 g/mol. The summed E-state index contributed by atoms with van der Waals surface area (Å²) in [5.41, 5.74) is -0.149. The van der Waals surface area contributed by atoms with Crippen LogP contribution in [0.5, 0.6) is 11.5 Å². The highest BCUT2D eigenvalue weighted by molar-refractivity contribution is 5.98. The molecule has 9 heteroatoms. The number of carbonyl (C=O) groups excluding carboxylic acids is 2. The zero-order chi connectivity index (χ0) is 19.3. The fourth-order valence-corrected chi connectivity index (χ4v) is 2.07. The molecule has 0 radical (unpaired) electrons. The molecule has 0 bridgehead atoms. The average Bonchev–Trinajstić information content (AvgIpc) is 2.61. The van der Waals surface area contributed by atoms with Gasteiger partial charge in [0.2, 0.25) is 0 Å². The molecule has 0 aliphatic heterocycles. The lowest BCUT2D eigenvalue weighted by Gasteiger charge is -2.14. The third-order valence-corrected chi connectivity index (χ3v) is 3.42. The first-order valence-electron chi connectivity index (χ1n) is 7.45. The van der Waals surface area contributed by atoms with Gasteiger partial charge in [0.05, 0.1) is 12.0 Å². The van der Waals surface area contributed by atoms with E-state index in [0.29, 0.717) is 0 Å². The number of rotatable bonds is 6. The molecule has 2 rings (SSSR count). The minimum Gasteiger partial charge on any atom is -0.504 e. The summed E-state index contributed by atoms with van der Waals surface area (Å²) in [5, 5.41) is 23.1. The van der Waals surface area contributed by atoms with E-state index >= 15 is 0 Å². The molecule has 1 amide bonds. The van der Waals surface area contributed by atoms with Gasteiger partial charge in [-0.2, -0.15) is 0 Å². The van der Waals surface area contributed by atoms with Gasteiger partial charge in [0, 0.05) is 17.8 Å². The third-order valence-electron chi connectivity index (χ3n) is 3.42. The van der Waals surface area contributed by atoms with Crippen LogP contribution in [0.25, 0.3) is 0 Å². The Morgan fingerprint density at radius 2 is 1.92 bits per heavy atom. The number of ether oxygens (including phenoxy) is 2. The number of hydrogen-bond donors (Lipinski definition) is 2. The van der Waals surface area contributed by atoms with Crippen LogP contribution in [-0.4, -0.2) is 35.1 Å². The summed E-state index contributed by atoms with van der Waals surface area (Å²) in [6.07, 6.45) is -1.20. The van der Waals surface area contributed by atoms with E-state index in [1.54, 1.807) is 0 Å². The second-order valence-corrected chi connectivity index (χ2v) is 5.20. The highest BCUT2D eigenvalue weighted by atomic mass is 16.6. The molecule has 0 aromatic heterocycles. The first-order valence-corrected chi connectivity index (χ1v) is 7.45. The molecule has 0 aliphatic rings. The predicted octanol–water partition coefficient (Wildman–Crippen LogP) is 2.49. The summed E-state index contributed by atoms with van der Waals surface area (Å²) >= 11 is 0. The Balaban J connectivity index is 2.06. The summed E-state index contributed by atoms with van der Waals surface area (Å²) in [5.74, 6) is -1.90. The number of phenols is 1. The highest BCUT2D eigenvalue weighted by Crippen LogP contribution is 2.30. The summed E-state index contributed by atoms with van der Waals surface area (Å²) in [7, 11) is 1.33. The van der Waals surface area contributed by atoms with E-state index in [0.717, 1.165) is 0 Å². The molecule has 0 spiro atoms. The highest BCUT2D eigenvalue weighted by Gasteiger charge is 2.22. The molecule has 0 fully saturated rings. The summed E-state index contributed by atoms with van der Waals surface area (Å²) in [6, 6.07) is 9.62. The largest absolute Gasteiger partial charge is 0.504 e. The van der Waals surface area contributed by atoms with Gasteiger partial charge < -0.3 is 19.9 Å². The number of nitrogens with one attached hydrogen (secondary N) is 1. The van der Waals surface area contributed by atoms with Crippen molar-refractivity contribution in [3.63, 3.8) is 0 Å². The van der Waals surface area contributed by atoms with Gasteiger partial charge in [-0.25, -0.2) is 4.79 Å². The quantitative estimate of drug-likeness (QED) is 0.460. The zero-order valence-corrected chi connectivity index (χ0v) is 14.0. The van der Waals surface area contributed by atoms with Crippen molar-refractivity contribution in [2.45, 2.75) is 13.0 Å². The van der Waals surface area contributed by atoms with E-state index in [-0.39, 0.29) is 22.7 Å².